The fourth-order valence-electron chi connectivity index (χ4n) is 2.50. The first-order valence-electron chi connectivity index (χ1n) is 8.19. The molecule has 1 aliphatic rings. The summed E-state index contributed by atoms with van der Waals surface area (Å²) in [5.41, 5.74) is -0.439. The molecule has 0 saturated carbocycles. The largest absolute Gasteiger partial charge is 0.444 e. The number of hydrogen-bond acceptors (Lipinski definition) is 4. The van der Waals surface area contributed by atoms with Gasteiger partial charge in [-0.2, -0.15) is 0 Å². The first kappa shape index (κ1) is 18.2. The van der Waals surface area contributed by atoms with Crippen LogP contribution in [0.25, 0.3) is 0 Å². The maximum absolute atomic E-state index is 11.6. The number of amides is 1. The number of nitrogens with one attached hydrogen (secondary N) is 2. The molecule has 0 bridgehead atoms. The lowest BCUT2D eigenvalue weighted by molar-refractivity contribution is 0.0523. The normalized spacial score (nSPS) is 19.3. The highest BCUT2D eigenvalue weighted by molar-refractivity contribution is 5.67. The number of ether oxygens (including phenoxy) is 1. The lowest BCUT2D eigenvalue weighted by Gasteiger charge is -2.23. The molecule has 0 spiro atoms. The zero-order chi connectivity index (χ0) is 15.9. The van der Waals surface area contributed by atoms with Crippen molar-refractivity contribution < 1.29 is 9.53 Å². The minimum absolute atomic E-state index is 0.249. The predicted octanol–water partition coefficient (Wildman–Crippen LogP) is 2.22. The molecule has 1 rings (SSSR count). The Morgan fingerprint density at radius 2 is 1.81 bits per heavy atom. The van der Waals surface area contributed by atoms with E-state index in [2.05, 4.69) is 29.4 Å². The van der Waals surface area contributed by atoms with Gasteiger partial charge in [-0.25, -0.2) is 4.79 Å². The van der Waals surface area contributed by atoms with E-state index in [0.717, 1.165) is 6.54 Å². The van der Waals surface area contributed by atoms with Gasteiger partial charge in [0.2, 0.25) is 0 Å². The number of alkyl carbamates (subject to hydrolysis) is 1. The smallest absolute Gasteiger partial charge is 0.407 e. The highest BCUT2D eigenvalue weighted by atomic mass is 16.6. The van der Waals surface area contributed by atoms with Gasteiger partial charge in [0.15, 0.2) is 0 Å². The third-order valence-corrected chi connectivity index (χ3v) is 3.53. The van der Waals surface area contributed by atoms with Crippen molar-refractivity contribution in [2.75, 3.05) is 32.7 Å². The minimum Gasteiger partial charge on any atom is -0.444 e. The molecule has 1 heterocycles. The van der Waals surface area contributed by atoms with Crippen molar-refractivity contribution in [2.24, 2.45) is 5.92 Å². The Morgan fingerprint density at radius 3 is 2.38 bits per heavy atom. The van der Waals surface area contributed by atoms with Crippen molar-refractivity contribution in [2.45, 2.75) is 59.1 Å². The van der Waals surface area contributed by atoms with Crippen LogP contribution in [0.1, 0.15) is 47.5 Å². The van der Waals surface area contributed by atoms with Gasteiger partial charge in [0.1, 0.15) is 5.60 Å². The highest BCUT2D eigenvalue weighted by Crippen LogP contribution is 2.10. The Balaban J connectivity index is 2.09. The van der Waals surface area contributed by atoms with E-state index in [1.165, 1.54) is 32.5 Å². The standard InChI is InChI=1S/C16H33N3O2/c1-13(12-19-8-6-7-9-19)10-17-14(2)11-18-15(20)21-16(3,4)5/h13-14,17H,6-12H2,1-5H3,(H,18,20). The van der Waals surface area contributed by atoms with Crippen LogP contribution < -0.4 is 10.6 Å². The maximum Gasteiger partial charge on any atom is 0.407 e. The molecule has 2 unspecified atom stereocenters. The number of carbonyl (C=O) groups is 1. The molecule has 1 saturated heterocycles. The molecule has 2 atom stereocenters. The van der Waals surface area contributed by atoms with Crippen LogP contribution in [0.2, 0.25) is 0 Å². The summed E-state index contributed by atoms with van der Waals surface area (Å²) in [6, 6.07) is 0.249. The number of rotatable bonds is 7. The van der Waals surface area contributed by atoms with Crippen LogP contribution in [0.4, 0.5) is 4.79 Å². The molecule has 0 aromatic heterocycles. The second kappa shape index (κ2) is 8.59. The second-order valence-corrected chi connectivity index (χ2v) is 7.30. The Bertz CT molecular complexity index is 309. The summed E-state index contributed by atoms with van der Waals surface area (Å²) in [7, 11) is 0. The maximum atomic E-state index is 11.6. The van der Waals surface area contributed by atoms with Gasteiger partial charge in [0.25, 0.3) is 0 Å². The van der Waals surface area contributed by atoms with Crippen LogP contribution in [-0.2, 0) is 4.74 Å². The van der Waals surface area contributed by atoms with Crippen molar-refractivity contribution >= 4 is 6.09 Å². The predicted molar refractivity (Wildman–Crippen MR) is 86.5 cm³/mol. The van der Waals surface area contributed by atoms with Crippen molar-refractivity contribution in [3.8, 4) is 0 Å². The number of carbonyl (C=O) groups excluding carboxylic acids is 1. The monoisotopic (exact) mass is 299 g/mol. The molecule has 5 heteroatoms. The van der Waals surface area contributed by atoms with Crippen LogP contribution in [0.3, 0.4) is 0 Å². The summed E-state index contributed by atoms with van der Waals surface area (Å²) in [4.78, 5) is 14.1. The molecule has 0 aromatic carbocycles. The summed E-state index contributed by atoms with van der Waals surface area (Å²) < 4.78 is 5.22. The first-order valence-corrected chi connectivity index (χ1v) is 8.19. The third kappa shape index (κ3) is 8.94. The fraction of sp³-hybridized carbons (Fsp3) is 0.938. The lowest BCUT2D eigenvalue weighted by Crippen LogP contribution is -2.43. The fourth-order valence-corrected chi connectivity index (χ4v) is 2.50. The molecule has 2 N–H and O–H groups in total. The van der Waals surface area contributed by atoms with Crippen molar-refractivity contribution in [3.63, 3.8) is 0 Å². The van der Waals surface area contributed by atoms with Crippen LogP contribution in [0, 0.1) is 5.92 Å². The van der Waals surface area contributed by atoms with E-state index in [-0.39, 0.29) is 12.1 Å². The van der Waals surface area contributed by atoms with E-state index < -0.39 is 5.60 Å². The summed E-state index contributed by atoms with van der Waals surface area (Å²) in [5.74, 6) is 0.632. The summed E-state index contributed by atoms with van der Waals surface area (Å²) in [6.45, 7) is 15.2. The number of likely N-dealkylation sites (tertiary alicyclic amines) is 1. The van der Waals surface area contributed by atoms with Gasteiger partial charge < -0.3 is 20.3 Å². The highest BCUT2D eigenvalue weighted by Gasteiger charge is 2.17. The zero-order valence-corrected chi connectivity index (χ0v) is 14.4. The van der Waals surface area contributed by atoms with Crippen LogP contribution in [-0.4, -0.2) is 55.4 Å². The van der Waals surface area contributed by atoms with E-state index >= 15 is 0 Å². The molecular weight excluding hydrogens is 266 g/mol. The molecule has 0 aliphatic carbocycles. The van der Waals surface area contributed by atoms with Gasteiger partial charge in [-0.05, 0) is 66.1 Å². The molecule has 1 amide bonds. The summed E-state index contributed by atoms with van der Waals surface area (Å²) in [5, 5.41) is 6.28. The van der Waals surface area contributed by atoms with Crippen LogP contribution in [0.15, 0.2) is 0 Å². The van der Waals surface area contributed by atoms with Gasteiger partial charge in [0.05, 0.1) is 0 Å². The molecule has 1 aliphatic heterocycles. The second-order valence-electron chi connectivity index (χ2n) is 7.30. The quantitative estimate of drug-likeness (QED) is 0.757. The van der Waals surface area contributed by atoms with E-state index in [1.807, 2.05) is 20.8 Å². The van der Waals surface area contributed by atoms with E-state index in [0.29, 0.717) is 12.5 Å². The summed E-state index contributed by atoms with van der Waals surface area (Å²) in [6.07, 6.45) is 2.34. The zero-order valence-electron chi connectivity index (χ0n) is 14.4. The molecule has 0 aromatic rings. The van der Waals surface area contributed by atoms with Crippen LogP contribution in [0.5, 0.6) is 0 Å². The molecule has 0 radical (unpaired) electrons. The average Bonchev–Trinajstić information content (AvgIpc) is 2.84. The van der Waals surface area contributed by atoms with Gasteiger partial charge in [-0.1, -0.05) is 6.92 Å². The first-order chi connectivity index (χ1) is 9.76. The molecule has 124 valence electrons. The van der Waals surface area contributed by atoms with Gasteiger partial charge in [0, 0.05) is 19.1 Å². The van der Waals surface area contributed by atoms with Crippen molar-refractivity contribution in [3.05, 3.63) is 0 Å². The third-order valence-electron chi connectivity index (χ3n) is 3.53. The molecule has 1 fully saturated rings. The van der Waals surface area contributed by atoms with E-state index in [9.17, 15) is 4.79 Å². The molecule has 21 heavy (non-hydrogen) atoms. The summed E-state index contributed by atoms with van der Waals surface area (Å²) >= 11 is 0. The SMILES string of the molecule is CC(CNC(C)CNC(=O)OC(C)(C)C)CN1CCCC1. The Hall–Kier alpha value is -0.810. The van der Waals surface area contributed by atoms with Crippen molar-refractivity contribution in [1.82, 2.24) is 15.5 Å². The van der Waals surface area contributed by atoms with E-state index in [1.54, 1.807) is 0 Å². The minimum atomic E-state index is -0.439. The number of hydrogen-bond donors (Lipinski definition) is 2. The Morgan fingerprint density at radius 1 is 1.19 bits per heavy atom. The topological polar surface area (TPSA) is 53.6 Å². The van der Waals surface area contributed by atoms with Gasteiger partial charge >= 0.3 is 6.09 Å². The van der Waals surface area contributed by atoms with E-state index in [4.69, 9.17) is 4.74 Å². The molecular formula is C16H33N3O2. The molecule has 5 nitrogen and oxygen atoms in total. The van der Waals surface area contributed by atoms with Gasteiger partial charge in [-0.15, -0.1) is 0 Å². The Labute approximate surface area is 129 Å². The average molecular weight is 299 g/mol. The van der Waals surface area contributed by atoms with Crippen molar-refractivity contribution in [1.29, 1.82) is 0 Å². The Kier molecular flexibility index (Phi) is 7.46. The number of nitrogens with zero attached hydrogens (tertiary/aromatic N) is 1. The van der Waals surface area contributed by atoms with Gasteiger partial charge in [-0.3, -0.25) is 0 Å². The lowest BCUT2D eigenvalue weighted by atomic mass is 10.1. The van der Waals surface area contributed by atoms with Crippen LogP contribution >= 0.6 is 0 Å².